The smallest absolute Gasteiger partial charge is 0.120 e. The molecule has 1 N–H and O–H groups in total. The zero-order valence-corrected chi connectivity index (χ0v) is 10.3. The summed E-state index contributed by atoms with van der Waals surface area (Å²) in [7, 11) is 0. The van der Waals surface area contributed by atoms with Gasteiger partial charge in [-0.3, -0.25) is 4.90 Å². The van der Waals surface area contributed by atoms with Gasteiger partial charge in [-0.1, -0.05) is 6.92 Å². The van der Waals surface area contributed by atoms with E-state index in [1.54, 1.807) is 6.26 Å². The van der Waals surface area contributed by atoms with E-state index in [1.165, 1.54) is 19.4 Å². The molecule has 90 valence electrons. The van der Waals surface area contributed by atoms with Gasteiger partial charge in [0.15, 0.2) is 0 Å². The summed E-state index contributed by atoms with van der Waals surface area (Å²) in [4.78, 5) is 2.56. The van der Waals surface area contributed by atoms with Gasteiger partial charge < -0.3 is 9.73 Å². The van der Waals surface area contributed by atoms with Crippen LogP contribution in [0.5, 0.6) is 0 Å². The Morgan fingerprint density at radius 1 is 1.56 bits per heavy atom. The fraction of sp³-hybridized carbons (Fsp3) is 0.692. The van der Waals surface area contributed by atoms with E-state index in [-0.39, 0.29) is 0 Å². The Kier molecular flexibility index (Phi) is 4.02. The zero-order chi connectivity index (χ0) is 11.4. The molecule has 0 spiro atoms. The molecule has 3 nitrogen and oxygen atoms in total. The van der Waals surface area contributed by atoms with Gasteiger partial charge in [0.05, 0.1) is 12.3 Å². The second kappa shape index (κ2) is 5.51. The number of rotatable bonds is 7. The lowest BCUT2D eigenvalue weighted by Crippen LogP contribution is -2.34. The van der Waals surface area contributed by atoms with Crippen LogP contribution in [0.3, 0.4) is 0 Å². The van der Waals surface area contributed by atoms with Gasteiger partial charge in [0, 0.05) is 19.1 Å². The minimum absolute atomic E-state index is 0.313. The van der Waals surface area contributed by atoms with Crippen LogP contribution in [0.1, 0.15) is 38.5 Å². The second-order valence-electron chi connectivity index (χ2n) is 4.55. The predicted molar refractivity (Wildman–Crippen MR) is 65.4 cm³/mol. The molecule has 1 fully saturated rings. The lowest BCUT2D eigenvalue weighted by Gasteiger charge is -2.21. The molecule has 0 radical (unpaired) electrons. The van der Waals surface area contributed by atoms with Gasteiger partial charge in [-0.05, 0) is 38.4 Å². The van der Waals surface area contributed by atoms with Gasteiger partial charge in [-0.25, -0.2) is 0 Å². The second-order valence-corrected chi connectivity index (χ2v) is 4.55. The van der Waals surface area contributed by atoms with Gasteiger partial charge in [0.1, 0.15) is 5.76 Å². The molecule has 0 saturated heterocycles. The molecular weight excluding hydrogens is 200 g/mol. The van der Waals surface area contributed by atoms with E-state index >= 15 is 0 Å². The first-order valence-corrected chi connectivity index (χ1v) is 6.32. The fourth-order valence-corrected chi connectivity index (χ4v) is 2.10. The third-order valence-corrected chi connectivity index (χ3v) is 3.29. The fourth-order valence-electron chi connectivity index (χ4n) is 2.10. The Bertz CT molecular complexity index is 293. The normalized spacial score (nSPS) is 17.9. The molecule has 1 aromatic rings. The Morgan fingerprint density at radius 3 is 2.94 bits per heavy atom. The molecule has 2 rings (SSSR count). The maximum absolute atomic E-state index is 5.36. The van der Waals surface area contributed by atoms with Crippen LogP contribution >= 0.6 is 0 Å². The van der Waals surface area contributed by atoms with Crippen molar-refractivity contribution < 1.29 is 4.42 Å². The number of hydrogen-bond acceptors (Lipinski definition) is 3. The van der Waals surface area contributed by atoms with Crippen LogP contribution in [0.4, 0.5) is 0 Å². The highest BCUT2D eigenvalue weighted by Crippen LogP contribution is 2.25. The van der Waals surface area contributed by atoms with Crippen molar-refractivity contribution >= 4 is 0 Å². The van der Waals surface area contributed by atoms with Gasteiger partial charge >= 0.3 is 0 Å². The summed E-state index contributed by atoms with van der Waals surface area (Å²) in [5.41, 5.74) is 0. The van der Waals surface area contributed by atoms with Crippen molar-refractivity contribution in [3.05, 3.63) is 24.2 Å². The Balaban J connectivity index is 1.67. The molecule has 1 atom stereocenters. The lowest BCUT2D eigenvalue weighted by molar-refractivity contribution is 0.270. The Morgan fingerprint density at radius 2 is 2.38 bits per heavy atom. The monoisotopic (exact) mass is 222 g/mol. The maximum Gasteiger partial charge on any atom is 0.120 e. The summed E-state index contributed by atoms with van der Waals surface area (Å²) in [6.45, 7) is 7.74. The molecule has 1 aliphatic rings. The quantitative estimate of drug-likeness (QED) is 0.768. The molecule has 1 unspecified atom stereocenters. The van der Waals surface area contributed by atoms with Crippen molar-refractivity contribution in [3.63, 3.8) is 0 Å². The SMILES string of the molecule is CCN(CCNC(C)c1ccco1)C1CC1. The van der Waals surface area contributed by atoms with Crippen molar-refractivity contribution in [1.29, 1.82) is 0 Å². The van der Waals surface area contributed by atoms with E-state index in [1.807, 2.05) is 12.1 Å². The average Bonchev–Trinajstić information content (AvgIpc) is 2.97. The molecule has 0 aromatic carbocycles. The Hall–Kier alpha value is -0.800. The maximum atomic E-state index is 5.36. The minimum Gasteiger partial charge on any atom is -0.468 e. The highest BCUT2D eigenvalue weighted by atomic mass is 16.3. The van der Waals surface area contributed by atoms with Gasteiger partial charge in [0.2, 0.25) is 0 Å². The molecule has 1 aromatic heterocycles. The first-order chi connectivity index (χ1) is 7.81. The summed E-state index contributed by atoms with van der Waals surface area (Å²) < 4.78 is 5.36. The van der Waals surface area contributed by atoms with Crippen LogP contribution in [-0.2, 0) is 0 Å². The lowest BCUT2D eigenvalue weighted by atomic mass is 10.2. The zero-order valence-electron chi connectivity index (χ0n) is 10.3. The molecule has 0 aliphatic heterocycles. The van der Waals surface area contributed by atoms with Gasteiger partial charge in [-0.15, -0.1) is 0 Å². The molecule has 16 heavy (non-hydrogen) atoms. The highest BCUT2D eigenvalue weighted by molar-refractivity contribution is 5.02. The Labute approximate surface area is 97.8 Å². The first-order valence-electron chi connectivity index (χ1n) is 6.32. The number of nitrogens with one attached hydrogen (secondary N) is 1. The topological polar surface area (TPSA) is 28.4 Å². The largest absolute Gasteiger partial charge is 0.468 e. The van der Waals surface area contributed by atoms with Crippen molar-refractivity contribution in [2.45, 2.75) is 38.8 Å². The third kappa shape index (κ3) is 3.09. The van der Waals surface area contributed by atoms with E-state index in [0.29, 0.717) is 6.04 Å². The predicted octanol–water partition coefficient (Wildman–Crippen LogP) is 2.41. The molecule has 1 saturated carbocycles. The summed E-state index contributed by atoms with van der Waals surface area (Å²) in [6, 6.07) is 5.14. The van der Waals surface area contributed by atoms with Crippen LogP contribution in [0.25, 0.3) is 0 Å². The summed E-state index contributed by atoms with van der Waals surface area (Å²) in [5, 5.41) is 3.50. The highest BCUT2D eigenvalue weighted by Gasteiger charge is 2.27. The number of nitrogens with zero attached hydrogens (tertiary/aromatic N) is 1. The molecular formula is C13H22N2O. The minimum atomic E-state index is 0.313. The average molecular weight is 222 g/mol. The van der Waals surface area contributed by atoms with E-state index in [0.717, 1.165) is 24.9 Å². The van der Waals surface area contributed by atoms with E-state index < -0.39 is 0 Å². The first kappa shape index (κ1) is 11.7. The van der Waals surface area contributed by atoms with Crippen molar-refractivity contribution in [1.82, 2.24) is 10.2 Å². The number of furan rings is 1. The van der Waals surface area contributed by atoms with E-state index in [9.17, 15) is 0 Å². The summed E-state index contributed by atoms with van der Waals surface area (Å²) in [6.07, 6.45) is 4.51. The molecule has 3 heteroatoms. The number of likely N-dealkylation sites (N-methyl/N-ethyl adjacent to an activating group) is 1. The third-order valence-electron chi connectivity index (χ3n) is 3.29. The van der Waals surface area contributed by atoms with Crippen LogP contribution in [0.2, 0.25) is 0 Å². The van der Waals surface area contributed by atoms with Gasteiger partial charge in [-0.2, -0.15) is 0 Å². The van der Waals surface area contributed by atoms with Crippen LogP contribution < -0.4 is 5.32 Å². The van der Waals surface area contributed by atoms with Crippen LogP contribution in [0, 0.1) is 0 Å². The van der Waals surface area contributed by atoms with Crippen molar-refractivity contribution in [2.75, 3.05) is 19.6 Å². The van der Waals surface area contributed by atoms with Crippen molar-refractivity contribution in [2.24, 2.45) is 0 Å². The van der Waals surface area contributed by atoms with Crippen LogP contribution in [-0.4, -0.2) is 30.6 Å². The molecule has 0 amide bonds. The summed E-state index contributed by atoms with van der Waals surface area (Å²) >= 11 is 0. The molecule has 1 aliphatic carbocycles. The molecule has 1 heterocycles. The number of hydrogen-bond donors (Lipinski definition) is 1. The molecule has 0 bridgehead atoms. The standard InChI is InChI=1S/C13H22N2O/c1-3-15(12-6-7-12)9-8-14-11(2)13-5-4-10-16-13/h4-5,10-12,14H,3,6-9H2,1-2H3. The van der Waals surface area contributed by atoms with E-state index in [2.05, 4.69) is 24.1 Å². The van der Waals surface area contributed by atoms with E-state index in [4.69, 9.17) is 4.42 Å². The van der Waals surface area contributed by atoms with Gasteiger partial charge in [0.25, 0.3) is 0 Å². The van der Waals surface area contributed by atoms with Crippen molar-refractivity contribution in [3.8, 4) is 0 Å². The summed E-state index contributed by atoms with van der Waals surface area (Å²) in [5.74, 6) is 1.02. The van der Waals surface area contributed by atoms with Crippen LogP contribution in [0.15, 0.2) is 22.8 Å².